The molecule has 0 unspecified atom stereocenters. The number of hydrogen-bond donors (Lipinski definition) is 1. The first kappa shape index (κ1) is 14.2. The van der Waals surface area contributed by atoms with Gasteiger partial charge in [-0.1, -0.05) is 6.07 Å². The fourth-order valence-electron chi connectivity index (χ4n) is 2.97. The number of nitrogens with zero attached hydrogens (tertiary/aromatic N) is 4. The van der Waals surface area contributed by atoms with E-state index in [4.69, 9.17) is 4.74 Å². The number of ether oxygens (including phenoxy) is 1. The Morgan fingerprint density at radius 3 is 2.74 bits per heavy atom. The summed E-state index contributed by atoms with van der Waals surface area (Å²) in [6.07, 6.45) is 3.80. The van der Waals surface area contributed by atoms with Gasteiger partial charge in [0.05, 0.1) is 31.2 Å². The second-order valence-electron chi connectivity index (χ2n) is 5.50. The van der Waals surface area contributed by atoms with E-state index in [2.05, 4.69) is 14.9 Å². The van der Waals surface area contributed by atoms with Crippen LogP contribution >= 0.6 is 0 Å². The number of anilines is 1. The van der Waals surface area contributed by atoms with Crippen LogP contribution in [0.3, 0.4) is 0 Å². The van der Waals surface area contributed by atoms with E-state index >= 15 is 0 Å². The molecule has 1 aliphatic heterocycles. The quantitative estimate of drug-likeness (QED) is 0.798. The topological polar surface area (TPSA) is 62.9 Å². The molecule has 0 aromatic carbocycles. The van der Waals surface area contributed by atoms with E-state index in [1.54, 1.807) is 0 Å². The number of hydrogen-bond acceptors (Lipinski definition) is 5. The van der Waals surface area contributed by atoms with Crippen LogP contribution in [0.5, 0.6) is 0 Å². The number of morpholine rings is 1. The summed E-state index contributed by atoms with van der Waals surface area (Å²) in [6.45, 7) is 3.12. The number of rotatable bonds is 3. The number of imidazole rings is 1. The highest BCUT2D eigenvalue weighted by molar-refractivity contribution is 5.67. The highest BCUT2D eigenvalue weighted by Crippen LogP contribution is 2.26. The predicted octanol–water partition coefficient (Wildman–Crippen LogP) is 1.73. The predicted molar refractivity (Wildman–Crippen MR) is 87.4 cm³/mol. The Morgan fingerprint density at radius 1 is 1.13 bits per heavy atom. The highest BCUT2D eigenvalue weighted by atomic mass is 16.5. The van der Waals surface area contributed by atoms with Crippen LogP contribution in [0.25, 0.3) is 16.9 Å². The monoisotopic (exact) mass is 310 g/mol. The summed E-state index contributed by atoms with van der Waals surface area (Å²) in [4.78, 5) is 11.3. The van der Waals surface area contributed by atoms with Crippen molar-refractivity contribution in [2.45, 2.75) is 6.61 Å². The summed E-state index contributed by atoms with van der Waals surface area (Å²) in [6, 6.07) is 9.87. The summed E-state index contributed by atoms with van der Waals surface area (Å²) in [5, 5.41) is 9.62. The van der Waals surface area contributed by atoms with E-state index in [9.17, 15) is 5.11 Å². The number of aliphatic hydroxyl groups is 1. The maximum Gasteiger partial charge on any atom is 0.137 e. The molecule has 0 bridgehead atoms. The lowest BCUT2D eigenvalue weighted by Gasteiger charge is -2.27. The van der Waals surface area contributed by atoms with Crippen LogP contribution in [-0.2, 0) is 11.3 Å². The molecule has 6 nitrogen and oxygen atoms in total. The smallest absolute Gasteiger partial charge is 0.137 e. The van der Waals surface area contributed by atoms with E-state index in [0.29, 0.717) is 5.69 Å². The van der Waals surface area contributed by atoms with Gasteiger partial charge >= 0.3 is 0 Å². The molecule has 1 aliphatic rings. The van der Waals surface area contributed by atoms with Gasteiger partial charge in [-0.15, -0.1) is 0 Å². The molecule has 118 valence electrons. The molecule has 0 aliphatic carbocycles. The van der Waals surface area contributed by atoms with Gasteiger partial charge in [0, 0.05) is 31.0 Å². The lowest BCUT2D eigenvalue weighted by atomic mass is 10.1. The van der Waals surface area contributed by atoms with Gasteiger partial charge in [-0.2, -0.15) is 0 Å². The normalized spacial score (nSPS) is 15.3. The summed E-state index contributed by atoms with van der Waals surface area (Å²) in [5.41, 5.74) is 3.33. The molecule has 3 aromatic rings. The van der Waals surface area contributed by atoms with Crippen LogP contribution < -0.4 is 4.90 Å². The SMILES string of the molecule is OCc1nc2ccccn2c1-c1ccc(N2CCOCC2)nc1. The molecule has 4 rings (SSSR count). The van der Waals surface area contributed by atoms with Crippen molar-refractivity contribution in [3.05, 3.63) is 48.4 Å². The van der Waals surface area contributed by atoms with E-state index in [0.717, 1.165) is 49.0 Å². The molecule has 0 radical (unpaired) electrons. The zero-order valence-corrected chi connectivity index (χ0v) is 12.7. The van der Waals surface area contributed by atoms with Gasteiger partial charge in [-0.3, -0.25) is 4.40 Å². The van der Waals surface area contributed by atoms with Crippen LogP contribution in [0.1, 0.15) is 5.69 Å². The van der Waals surface area contributed by atoms with Crippen LogP contribution in [0.2, 0.25) is 0 Å². The second kappa shape index (κ2) is 5.98. The van der Waals surface area contributed by atoms with Gasteiger partial charge < -0.3 is 14.7 Å². The third kappa shape index (κ3) is 2.56. The zero-order valence-electron chi connectivity index (χ0n) is 12.7. The minimum absolute atomic E-state index is 0.0950. The largest absolute Gasteiger partial charge is 0.390 e. The Morgan fingerprint density at radius 2 is 2.00 bits per heavy atom. The maximum atomic E-state index is 9.62. The number of aromatic nitrogens is 3. The van der Waals surface area contributed by atoms with Crippen molar-refractivity contribution in [2.24, 2.45) is 0 Å². The summed E-state index contributed by atoms with van der Waals surface area (Å²) >= 11 is 0. The lowest BCUT2D eigenvalue weighted by molar-refractivity contribution is 0.122. The molecule has 6 heteroatoms. The first-order valence-corrected chi connectivity index (χ1v) is 7.73. The van der Waals surface area contributed by atoms with Gasteiger partial charge in [-0.25, -0.2) is 9.97 Å². The Labute approximate surface area is 134 Å². The molecule has 3 aromatic heterocycles. The van der Waals surface area contributed by atoms with Crippen molar-refractivity contribution in [1.29, 1.82) is 0 Å². The highest BCUT2D eigenvalue weighted by Gasteiger charge is 2.15. The molecule has 0 saturated carbocycles. The Balaban J connectivity index is 1.73. The molecular weight excluding hydrogens is 292 g/mol. The van der Waals surface area contributed by atoms with E-state index in [1.807, 2.05) is 47.1 Å². The Hall–Kier alpha value is -2.44. The van der Waals surface area contributed by atoms with Gasteiger partial charge in [-0.05, 0) is 24.3 Å². The third-order valence-corrected chi connectivity index (χ3v) is 4.11. The summed E-state index contributed by atoms with van der Waals surface area (Å²) < 4.78 is 7.36. The molecular formula is C17H18N4O2. The van der Waals surface area contributed by atoms with Crippen LogP contribution in [-0.4, -0.2) is 45.8 Å². The zero-order chi connectivity index (χ0) is 15.6. The van der Waals surface area contributed by atoms with Gasteiger partial charge in [0.2, 0.25) is 0 Å². The fraction of sp³-hybridized carbons (Fsp3) is 0.294. The van der Waals surface area contributed by atoms with Crippen molar-refractivity contribution >= 4 is 11.5 Å². The average Bonchev–Trinajstić information content (AvgIpc) is 3.01. The first-order chi connectivity index (χ1) is 11.4. The molecule has 1 saturated heterocycles. The molecule has 0 amide bonds. The fourth-order valence-corrected chi connectivity index (χ4v) is 2.97. The first-order valence-electron chi connectivity index (χ1n) is 7.73. The molecule has 1 fully saturated rings. The minimum atomic E-state index is -0.0950. The van der Waals surface area contributed by atoms with Crippen molar-refractivity contribution in [3.8, 4) is 11.3 Å². The van der Waals surface area contributed by atoms with Crippen molar-refractivity contribution in [1.82, 2.24) is 14.4 Å². The minimum Gasteiger partial charge on any atom is -0.390 e. The Kier molecular flexibility index (Phi) is 3.69. The lowest BCUT2D eigenvalue weighted by Crippen LogP contribution is -2.36. The van der Waals surface area contributed by atoms with Crippen molar-refractivity contribution in [2.75, 3.05) is 31.2 Å². The Bertz CT molecular complexity index is 807. The maximum absolute atomic E-state index is 9.62. The summed E-state index contributed by atoms with van der Waals surface area (Å²) in [7, 11) is 0. The molecule has 4 heterocycles. The van der Waals surface area contributed by atoms with Gasteiger partial charge in [0.15, 0.2) is 0 Å². The van der Waals surface area contributed by atoms with Gasteiger partial charge in [0.1, 0.15) is 11.5 Å². The van der Waals surface area contributed by atoms with E-state index in [-0.39, 0.29) is 6.61 Å². The number of aliphatic hydroxyl groups excluding tert-OH is 1. The standard InChI is InChI=1S/C17H18N4O2/c22-12-14-17(21-6-2-1-3-16(21)19-14)13-4-5-15(18-11-13)20-7-9-23-10-8-20/h1-6,11,22H,7-10,12H2. The molecule has 23 heavy (non-hydrogen) atoms. The third-order valence-electron chi connectivity index (χ3n) is 4.11. The van der Waals surface area contributed by atoms with Crippen LogP contribution in [0.15, 0.2) is 42.7 Å². The molecule has 1 N–H and O–H groups in total. The molecule has 0 atom stereocenters. The second-order valence-corrected chi connectivity index (χ2v) is 5.50. The van der Waals surface area contributed by atoms with Crippen LogP contribution in [0, 0.1) is 0 Å². The van der Waals surface area contributed by atoms with E-state index in [1.165, 1.54) is 0 Å². The van der Waals surface area contributed by atoms with Crippen molar-refractivity contribution in [3.63, 3.8) is 0 Å². The van der Waals surface area contributed by atoms with E-state index < -0.39 is 0 Å². The van der Waals surface area contributed by atoms with Gasteiger partial charge in [0.25, 0.3) is 0 Å². The number of fused-ring (bicyclic) bond motifs is 1. The summed E-state index contributed by atoms with van der Waals surface area (Å²) in [5.74, 6) is 0.955. The van der Waals surface area contributed by atoms with Crippen LogP contribution in [0.4, 0.5) is 5.82 Å². The average molecular weight is 310 g/mol. The van der Waals surface area contributed by atoms with Crippen molar-refractivity contribution < 1.29 is 9.84 Å². The number of pyridine rings is 2. The molecule has 0 spiro atoms.